The minimum Gasteiger partial charge on any atom is -0.489 e. The van der Waals surface area contributed by atoms with Crippen molar-refractivity contribution in [1.29, 1.82) is 0 Å². The van der Waals surface area contributed by atoms with Crippen LogP contribution in [-0.2, 0) is 6.61 Å². The second-order valence-electron chi connectivity index (χ2n) is 4.18. The van der Waals surface area contributed by atoms with Crippen LogP contribution < -0.4 is 4.74 Å². The second kappa shape index (κ2) is 5.37. The van der Waals surface area contributed by atoms with E-state index in [0.717, 1.165) is 10.2 Å². The molecule has 0 aromatic heterocycles. The predicted molar refractivity (Wildman–Crippen MR) is 74.4 cm³/mol. The average molecular weight is 291 g/mol. The van der Waals surface area contributed by atoms with Crippen molar-refractivity contribution in [3.05, 3.63) is 63.6 Å². The smallest absolute Gasteiger partial charge is 0.120 e. The molecule has 2 heteroatoms. The molecule has 0 unspecified atom stereocenters. The van der Waals surface area contributed by atoms with E-state index in [1.54, 1.807) is 0 Å². The molecular weight excluding hydrogens is 276 g/mol. The zero-order valence-electron chi connectivity index (χ0n) is 10.0. The maximum Gasteiger partial charge on any atom is 0.120 e. The molecule has 0 radical (unpaired) electrons. The van der Waals surface area contributed by atoms with E-state index in [-0.39, 0.29) is 0 Å². The van der Waals surface area contributed by atoms with Crippen LogP contribution in [0.5, 0.6) is 5.75 Å². The fourth-order valence-corrected chi connectivity index (χ4v) is 2.10. The highest BCUT2D eigenvalue weighted by molar-refractivity contribution is 9.10. The molecule has 0 aliphatic rings. The molecule has 0 spiro atoms. The molecular formula is C15H15BrO. The summed E-state index contributed by atoms with van der Waals surface area (Å²) in [5, 5.41) is 0. The van der Waals surface area contributed by atoms with Crippen molar-refractivity contribution in [2.45, 2.75) is 20.5 Å². The summed E-state index contributed by atoms with van der Waals surface area (Å²) in [4.78, 5) is 0. The zero-order chi connectivity index (χ0) is 12.3. The van der Waals surface area contributed by atoms with Gasteiger partial charge in [-0.25, -0.2) is 0 Å². The van der Waals surface area contributed by atoms with Crippen molar-refractivity contribution in [1.82, 2.24) is 0 Å². The van der Waals surface area contributed by atoms with E-state index in [2.05, 4.69) is 48.0 Å². The van der Waals surface area contributed by atoms with Gasteiger partial charge in [0.25, 0.3) is 0 Å². The number of benzene rings is 2. The highest BCUT2D eigenvalue weighted by atomic mass is 79.9. The molecule has 2 aromatic rings. The van der Waals surface area contributed by atoms with E-state index in [1.165, 1.54) is 16.7 Å². The molecule has 0 aliphatic heterocycles. The maximum atomic E-state index is 5.76. The molecule has 0 aliphatic carbocycles. The Kier molecular flexibility index (Phi) is 3.85. The summed E-state index contributed by atoms with van der Waals surface area (Å²) >= 11 is 3.43. The third-order valence-electron chi connectivity index (χ3n) is 2.69. The number of halogens is 1. The lowest BCUT2D eigenvalue weighted by molar-refractivity contribution is 0.305. The molecule has 1 nitrogen and oxygen atoms in total. The Balaban J connectivity index is 2.07. The van der Waals surface area contributed by atoms with Gasteiger partial charge in [-0.1, -0.05) is 45.8 Å². The van der Waals surface area contributed by atoms with Crippen LogP contribution >= 0.6 is 15.9 Å². The van der Waals surface area contributed by atoms with E-state index in [9.17, 15) is 0 Å². The van der Waals surface area contributed by atoms with Crippen LogP contribution in [0.4, 0.5) is 0 Å². The molecule has 88 valence electrons. The lowest BCUT2D eigenvalue weighted by Crippen LogP contribution is -1.98. The summed E-state index contributed by atoms with van der Waals surface area (Å²) in [7, 11) is 0. The molecule has 0 saturated carbocycles. The number of rotatable bonds is 3. The summed E-state index contributed by atoms with van der Waals surface area (Å²) in [6.45, 7) is 4.83. The van der Waals surface area contributed by atoms with Crippen molar-refractivity contribution in [3.8, 4) is 5.75 Å². The Hall–Kier alpha value is -1.28. The summed E-state index contributed by atoms with van der Waals surface area (Å²) < 4.78 is 6.80. The fraction of sp³-hybridized carbons (Fsp3) is 0.200. The monoisotopic (exact) mass is 290 g/mol. The number of hydrogen-bond donors (Lipinski definition) is 0. The summed E-state index contributed by atoms with van der Waals surface area (Å²) in [5.41, 5.74) is 3.80. The molecule has 0 fully saturated rings. The minimum atomic E-state index is 0.614. The van der Waals surface area contributed by atoms with E-state index >= 15 is 0 Å². The van der Waals surface area contributed by atoms with Crippen LogP contribution in [0.15, 0.2) is 46.9 Å². The molecule has 0 atom stereocenters. The van der Waals surface area contributed by atoms with E-state index < -0.39 is 0 Å². The van der Waals surface area contributed by atoms with E-state index in [0.29, 0.717) is 6.61 Å². The third-order valence-corrected chi connectivity index (χ3v) is 3.18. The van der Waals surface area contributed by atoms with Crippen molar-refractivity contribution in [3.63, 3.8) is 0 Å². The Morgan fingerprint density at radius 3 is 2.59 bits per heavy atom. The Morgan fingerprint density at radius 1 is 1.06 bits per heavy atom. The summed E-state index contributed by atoms with van der Waals surface area (Å²) in [5.74, 6) is 0.888. The molecule has 0 amide bonds. The van der Waals surface area contributed by atoms with Gasteiger partial charge in [-0.2, -0.15) is 0 Å². The summed E-state index contributed by atoms with van der Waals surface area (Å²) in [6, 6.07) is 14.3. The van der Waals surface area contributed by atoms with Crippen LogP contribution in [-0.4, -0.2) is 0 Å². The van der Waals surface area contributed by atoms with Crippen molar-refractivity contribution >= 4 is 15.9 Å². The first-order valence-electron chi connectivity index (χ1n) is 5.59. The SMILES string of the molecule is Cc1ccc(COc2cccc(Br)c2)c(C)c1. The van der Waals surface area contributed by atoms with Gasteiger partial charge in [0.2, 0.25) is 0 Å². The normalized spacial score (nSPS) is 10.3. The first-order valence-corrected chi connectivity index (χ1v) is 6.39. The van der Waals surface area contributed by atoms with Gasteiger partial charge < -0.3 is 4.74 Å². The number of aryl methyl sites for hydroxylation is 2. The Bertz CT molecular complexity index is 520. The first-order chi connectivity index (χ1) is 8.15. The maximum absolute atomic E-state index is 5.76. The van der Waals surface area contributed by atoms with Gasteiger partial charge in [0.1, 0.15) is 12.4 Å². The molecule has 2 aromatic carbocycles. The first kappa shape index (κ1) is 12.2. The molecule has 0 heterocycles. The fourth-order valence-electron chi connectivity index (χ4n) is 1.73. The van der Waals surface area contributed by atoms with Crippen molar-refractivity contribution in [2.24, 2.45) is 0 Å². The predicted octanol–water partition coefficient (Wildman–Crippen LogP) is 4.64. The van der Waals surface area contributed by atoms with Gasteiger partial charge in [0, 0.05) is 4.47 Å². The molecule has 2 rings (SSSR count). The molecule has 0 N–H and O–H groups in total. The minimum absolute atomic E-state index is 0.614. The van der Waals surface area contributed by atoms with Gasteiger partial charge in [0.15, 0.2) is 0 Å². The van der Waals surface area contributed by atoms with Gasteiger partial charge in [-0.3, -0.25) is 0 Å². The van der Waals surface area contributed by atoms with Crippen LogP contribution in [0.25, 0.3) is 0 Å². The van der Waals surface area contributed by atoms with Gasteiger partial charge in [-0.05, 0) is 43.2 Å². The van der Waals surface area contributed by atoms with Gasteiger partial charge >= 0.3 is 0 Å². The second-order valence-corrected chi connectivity index (χ2v) is 5.09. The van der Waals surface area contributed by atoms with Crippen LogP contribution in [0, 0.1) is 13.8 Å². The lowest BCUT2D eigenvalue weighted by atomic mass is 10.1. The quantitative estimate of drug-likeness (QED) is 0.800. The summed E-state index contributed by atoms with van der Waals surface area (Å²) in [6.07, 6.45) is 0. The van der Waals surface area contributed by atoms with Gasteiger partial charge in [0.05, 0.1) is 0 Å². The lowest BCUT2D eigenvalue weighted by Gasteiger charge is -2.09. The number of hydrogen-bond acceptors (Lipinski definition) is 1. The van der Waals surface area contributed by atoms with Crippen LogP contribution in [0.2, 0.25) is 0 Å². The average Bonchev–Trinajstić information content (AvgIpc) is 2.28. The highest BCUT2D eigenvalue weighted by Crippen LogP contribution is 2.20. The van der Waals surface area contributed by atoms with Crippen molar-refractivity contribution < 1.29 is 4.74 Å². The van der Waals surface area contributed by atoms with Gasteiger partial charge in [-0.15, -0.1) is 0 Å². The highest BCUT2D eigenvalue weighted by Gasteiger charge is 2.00. The number of ether oxygens (including phenoxy) is 1. The standard InChI is InChI=1S/C15H15BrO/c1-11-6-7-13(12(2)8-11)10-17-15-5-3-4-14(16)9-15/h3-9H,10H2,1-2H3. The Labute approximate surface area is 111 Å². The third kappa shape index (κ3) is 3.34. The zero-order valence-corrected chi connectivity index (χ0v) is 11.6. The molecule has 17 heavy (non-hydrogen) atoms. The van der Waals surface area contributed by atoms with Crippen LogP contribution in [0.3, 0.4) is 0 Å². The van der Waals surface area contributed by atoms with E-state index in [1.807, 2.05) is 24.3 Å². The Morgan fingerprint density at radius 2 is 1.88 bits per heavy atom. The largest absolute Gasteiger partial charge is 0.489 e. The van der Waals surface area contributed by atoms with Crippen LogP contribution in [0.1, 0.15) is 16.7 Å². The molecule has 0 bridgehead atoms. The van der Waals surface area contributed by atoms with Crippen molar-refractivity contribution in [2.75, 3.05) is 0 Å². The van der Waals surface area contributed by atoms with E-state index in [4.69, 9.17) is 4.74 Å². The molecule has 0 saturated heterocycles. The topological polar surface area (TPSA) is 9.23 Å².